The second kappa shape index (κ2) is 11.3. The number of hydrogen-bond donors (Lipinski definition) is 1. The fourth-order valence-electron chi connectivity index (χ4n) is 3.55. The number of methoxy groups -OCH3 is 1. The van der Waals surface area contributed by atoms with Gasteiger partial charge in [0.15, 0.2) is 0 Å². The predicted octanol–water partition coefficient (Wildman–Crippen LogP) is 4.12. The van der Waals surface area contributed by atoms with Crippen LogP contribution in [0.3, 0.4) is 0 Å². The Labute approximate surface area is 192 Å². The monoisotopic (exact) mass is 464 g/mol. The predicted molar refractivity (Wildman–Crippen MR) is 121 cm³/mol. The molecule has 1 fully saturated rings. The van der Waals surface area contributed by atoms with Crippen LogP contribution in [-0.4, -0.2) is 49.6 Å². The van der Waals surface area contributed by atoms with E-state index >= 15 is 0 Å². The first-order valence-corrected chi connectivity index (χ1v) is 11.0. The third-order valence-corrected chi connectivity index (χ3v) is 6.05. The minimum Gasteiger partial charge on any atom is -0.496 e. The van der Waals surface area contributed by atoms with Crippen molar-refractivity contribution in [3.05, 3.63) is 58.1 Å². The van der Waals surface area contributed by atoms with E-state index in [2.05, 4.69) is 5.32 Å². The number of ether oxygens (including phenoxy) is 2. The van der Waals surface area contributed by atoms with E-state index in [-0.39, 0.29) is 30.9 Å². The first-order valence-electron chi connectivity index (χ1n) is 10.2. The zero-order valence-electron chi connectivity index (χ0n) is 17.4. The molecule has 0 bridgehead atoms. The highest BCUT2D eigenvalue weighted by Gasteiger charge is 2.24. The summed E-state index contributed by atoms with van der Waals surface area (Å²) < 4.78 is 10.9. The van der Waals surface area contributed by atoms with Gasteiger partial charge in [0.2, 0.25) is 11.8 Å². The lowest BCUT2D eigenvalue weighted by Crippen LogP contribution is -2.47. The van der Waals surface area contributed by atoms with E-state index in [1.54, 1.807) is 25.3 Å². The van der Waals surface area contributed by atoms with E-state index < -0.39 is 0 Å². The molecule has 0 unspecified atom stereocenters. The van der Waals surface area contributed by atoms with Crippen LogP contribution in [0.15, 0.2) is 42.5 Å². The summed E-state index contributed by atoms with van der Waals surface area (Å²) in [7, 11) is 1.60. The van der Waals surface area contributed by atoms with E-state index in [9.17, 15) is 9.59 Å². The summed E-state index contributed by atoms with van der Waals surface area (Å²) in [5, 5.41) is 3.78. The Morgan fingerprint density at radius 3 is 2.52 bits per heavy atom. The number of carbonyl (C=O) groups excluding carboxylic acids is 2. The van der Waals surface area contributed by atoms with Crippen molar-refractivity contribution >= 4 is 35.0 Å². The number of likely N-dealkylation sites (tertiary alicyclic amines) is 1. The maximum Gasteiger partial charge on any atom is 0.227 e. The van der Waals surface area contributed by atoms with Gasteiger partial charge in [0.25, 0.3) is 0 Å². The molecule has 6 nitrogen and oxygen atoms in total. The standard InChI is InChI=1S/C23H26Cl2N2O4/c1-30-19-7-3-2-5-16(19)15-22(29)27-12-9-17(10-13-27)26-21(28)11-14-31-20-8-4-6-18(24)23(20)25/h2-8,17H,9-15H2,1H3,(H,26,28). The van der Waals surface area contributed by atoms with Gasteiger partial charge in [-0.05, 0) is 31.0 Å². The highest BCUT2D eigenvalue weighted by Crippen LogP contribution is 2.31. The summed E-state index contributed by atoms with van der Waals surface area (Å²) in [4.78, 5) is 26.7. The van der Waals surface area contributed by atoms with Crippen LogP contribution in [0.2, 0.25) is 10.0 Å². The van der Waals surface area contributed by atoms with Crippen LogP contribution in [0.4, 0.5) is 0 Å². The lowest BCUT2D eigenvalue weighted by molar-refractivity contribution is -0.131. The number of piperidine rings is 1. The minimum absolute atomic E-state index is 0.0533. The SMILES string of the molecule is COc1ccccc1CC(=O)N1CCC(NC(=O)CCOc2cccc(Cl)c2Cl)CC1. The Balaban J connectivity index is 1.39. The number of carbonyl (C=O) groups is 2. The third kappa shape index (κ3) is 6.52. The molecule has 0 radical (unpaired) electrons. The van der Waals surface area contributed by atoms with Gasteiger partial charge < -0.3 is 19.7 Å². The Bertz CT molecular complexity index is 914. The molecule has 166 valence electrons. The number of amides is 2. The van der Waals surface area contributed by atoms with Crippen molar-refractivity contribution in [1.82, 2.24) is 10.2 Å². The van der Waals surface area contributed by atoms with Crippen LogP contribution in [0.25, 0.3) is 0 Å². The molecule has 3 rings (SSSR count). The molecular weight excluding hydrogens is 439 g/mol. The maximum absolute atomic E-state index is 12.6. The number of benzene rings is 2. The summed E-state index contributed by atoms with van der Waals surface area (Å²) in [6.45, 7) is 1.45. The first kappa shape index (κ1) is 23.2. The molecule has 8 heteroatoms. The van der Waals surface area contributed by atoms with E-state index in [4.69, 9.17) is 32.7 Å². The topological polar surface area (TPSA) is 67.9 Å². The van der Waals surface area contributed by atoms with Crippen molar-refractivity contribution < 1.29 is 19.1 Å². The van der Waals surface area contributed by atoms with Crippen molar-refractivity contribution in [3.63, 3.8) is 0 Å². The molecule has 0 aromatic heterocycles. The van der Waals surface area contributed by atoms with Crippen molar-refractivity contribution in [2.45, 2.75) is 31.7 Å². The molecule has 1 N–H and O–H groups in total. The van der Waals surface area contributed by atoms with Gasteiger partial charge in [0, 0.05) is 24.7 Å². The molecule has 1 saturated heterocycles. The summed E-state index contributed by atoms with van der Waals surface area (Å²) in [6.07, 6.45) is 1.98. The van der Waals surface area contributed by atoms with Gasteiger partial charge in [-0.15, -0.1) is 0 Å². The fraction of sp³-hybridized carbons (Fsp3) is 0.391. The highest BCUT2D eigenvalue weighted by atomic mass is 35.5. The van der Waals surface area contributed by atoms with Gasteiger partial charge in [-0.1, -0.05) is 47.5 Å². The zero-order chi connectivity index (χ0) is 22.2. The molecule has 31 heavy (non-hydrogen) atoms. The second-order valence-corrected chi connectivity index (χ2v) is 8.15. The molecule has 2 aromatic carbocycles. The van der Waals surface area contributed by atoms with Gasteiger partial charge in [-0.3, -0.25) is 9.59 Å². The van der Waals surface area contributed by atoms with Crippen molar-refractivity contribution in [2.24, 2.45) is 0 Å². The maximum atomic E-state index is 12.6. The van der Waals surface area contributed by atoms with Gasteiger partial charge in [-0.2, -0.15) is 0 Å². The van der Waals surface area contributed by atoms with Gasteiger partial charge in [0.05, 0.1) is 31.6 Å². The van der Waals surface area contributed by atoms with E-state index in [0.717, 1.165) is 24.2 Å². The summed E-state index contributed by atoms with van der Waals surface area (Å²) in [5.41, 5.74) is 0.880. The van der Waals surface area contributed by atoms with Gasteiger partial charge in [0.1, 0.15) is 16.5 Å². The molecular formula is C23H26Cl2N2O4. The van der Waals surface area contributed by atoms with Crippen LogP contribution < -0.4 is 14.8 Å². The highest BCUT2D eigenvalue weighted by molar-refractivity contribution is 6.42. The molecule has 0 spiro atoms. The molecule has 1 heterocycles. The summed E-state index contributed by atoms with van der Waals surface area (Å²) in [6, 6.07) is 12.7. The summed E-state index contributed by atoms with van der Waals surface area (Å²) >= 11 is 12.0. The normalized spacial score (nSPS) is 14.2. The van der Waals surface area contributed by atoms with Crippen LogP contribution in [0.1, 0.15) is 24.8 Å². The Morgan fingerprint density at radius 2 is 1.77 bits per heavy atom. The number of halogens is 2. The molecule has 0 atom stereocenters. The molecule has 0 aliphatic carbocycles. The minimum atomic E-state index is -0.0862. The first-order chi connectivity index (χ1) is 15.0. The number of para-hydroxylation sites is 1. The molecule has 1 aliphatic heterocycles. The Morgan fingerprint density at radius 1 is 1.06 bits per heavy atom. The quantitative estimate of drug-likeness (QED) is 0.637. The molecule has 2 amide bonds. The van der Waals surface area contributed by atoms with Crippen molar-refractivity contribution in [3.8, 4) is 11.5 Å². The molecule has 1 aliphatic rings. The lowest BCUT2D eigenvalue weighted by Gasteiger charge is -2.32. The number of hydrogen-bond acceptors (Lipinski definition) is 4. The van der Waals surface area contributed by atoms with Crippen LogP contribution in [0, 0.1) is 0 Å². The molecule has 2 aromatic rings. The average molecular weight is 465 g/mol. The largest absolute Gasteiger partial charge is 0.496 e. The van der Waals surface area contributed by atoms with Crippen LogP contribution >= 0.6 is 23.2 Å². The number of nitrogens with one attached hydrogen (secondary N) is 1. The Kier molecular flexibility index (Phi) is 8.43. The molecule has 0 saturated carbocycles. The van der Waals surface area contributed by atoms with E-state index in [1.807, 2.05) is 29.2 Å². The Hall–Kier alpha value is -2.44. The van der Waals surface area contributed by atoms with Crippen LogP contribution in [0.5, 0.6) is 11.5 Å². The zero-order valence-corrected chi connectivity index (χ0v) is 18.9. The second-order valence-electron chi connectivity index (χ2n) is 7.36. The van der Waals surface area contributed by atoms with Crippen molar-refractivity contribution in [2.75, 3.05) is 26.8 Å². The van der Waals surface area contributed by atoms with Crippen LogP contribution in [-0.2, 0) is 16.0 Å². The number of rotatable bonds is 8. The van der Waals surface area contributed by atoms with E-state index in [1.165, 1.54) is 0 Å². The average Bonchev–Trinajstić information content (AvgIpc) is 2.77. The van der Waals surface area contributed by atoms with Gasteiger partial charge in [-0.25, -0.2) is 0 Å². The van der Waals surface area contributed by atoms with E-state index in [0.29, 0.717) is 35.3 Å². The summed E-state index contributed by atoms with van der Waals surface area (Å²) in [5.74, 6) is 1.17. The number of nitrogens with zero attached hydrogens (tertiary/aromatic N) is 1. The fourth-order valence-corrected chi connectivity index (χ4v) is 3.89. The lowest BCUT2D eigenvalue weighted by atomic mass is 10.0. The smallest absolute Gasteiger partial charge is 0.227 e. The van der Waals surface area contributed by atoms with Crippen molar-refractivity contribution in [1.29, 1.82) is 0 Å². The third-order valence-electron chi connectivity index (χ3n) is 5.25. The van der Waals surface area contributed by atoms with Gasteiger partial charge >= 0.3 is 0 Å².